The SMILES string of the molecule is Nc1nc(NCC2CCCCC2O)cc(C(F)(F)F)n1. The number of halogens is 3. The number of nitrogens with zero attached hydrogens (tertiary/aromatic N) is 2. The van der Waals surface area contributed by atoms with Crippen LogP contribution in [0.25, 0.3) is 0 Å². The first-order chi connectivity index (χ1) is 9.36. The molecule has 2 atom stereocenters. The molecule has 20 heavy (non-hydrogen) atoms. The van der Waals surface area contributed by atoms with Crippen LogP contribution in [0.2, 0.25) is 0 Å². The molecule has 2 unspecified atom stereocenters. The number of aromatic nitrogens is 2. The second kappa shape index (κ2) is 5.82. The van der Waals surface area contributed by atoms with Gasteiger partial charge in [-0.3, -0.25) is 0 Å². The Hall–Kier alpha value is -1.57. The first kappa shape index (κ1) is 14.8. The van der Waals surface area contributed by atoms with Crippen LogP contribution in [0.3, 0.4) is 0 Å². The first-order valence-electron chi connectivity index (χ1n) is 6.50. The lowest BCUT2D eigenvalue weighted by molar-refractivity contribution is -0.141. The summed E-state index contributed by atoms with van der Waals surface area (Å²) in [7, 11) is 0. The van der Waals surface area contributed by atoms with Gasteiger partial charge in [-0.15, -0.1) is 0 Å². The molecule has 0 aliphatic heterocycles. The molecular weight excluding hydrogens is 273 g/mol. The molecule has 0 bridgehead atoms. The van der Waals surface area contributed by atoms with Crippen molar-refractivity contribution in [2.24, 2.45) is 5.92 Å². The monoisotopic (exact) mass is 290 g/mol. The van der Waals surface area contributed by atoms with E-state index < -0.39 is 23.9 Å². The van der Waals surface area contributed by atoms with Gasteiger partial charge in [-0.25, -0.2) is 4.98 Å². The molecule has 1 saturated carbocycles. The van der Waals surface area contributed by atoms with E-state index in [1.807, 2.05) is 0 Å². The van der Waals surface area contributed by atoms with Crippen LogP contribution in [0, 0.1) is 5.92 Å². The molecular formula is C12H17F3N4O. The number of nitrogen functional groups attached to an aromatic ring is 1. The molecule has 0 aromatic carbocycles. The van der Waals surface area contributed by atoms with Gasteiger partial charge in [0.1, 0.15) is 5.82 Å². The van der Waals surface area contributed by atoms with Gasteiger partial charge in [-0.2, -0.15) is 18.2 Å². The average molecular weight is 290 g/mol. The van der Waals surface area contributed by atoms with Gasteiger partial charge >= 0.3 is 6.18 Å². The van der Waals surface area contributed by atoms with Crippen LogP contribution in [0.1, 0.15) is 31.4 Å². The summed E-state index contributed by atoms with van der Waals surface area (Å²) in [6.45, 7) is 0.370. The van der Waals surface area contributed by atoms with Crippen LogP contribution in [0.5, 0.6) is 0 Å². The first-order valence-corrected chi connectivity index (χ1v) is 6.50. The summed E-state index contributed by atoms with van der Waals surface area (Å²) in [6, 6.07) is 0.825. The summed E-state index contributed by atoms with van der Waals surface area (Å²) < 4.78 is 37.8. The Kier molecular flexibility index (Phi) is 4.32. The van der Waals surface area contributed by atoms with Gasteiger partial charge in [-0.05, 0) is 12.8 Å². The summed E-state index contributed by atoms with van der Waals surface area (Å²) in [5.41, 5.74) is 4.21. The molecule has 0 amide bonds. The molecule has 8 heteroatoms. The number of nitrogens with one attached hydrogen (secondary N) is 1. The van der Waals surface area contributed by atoms with Crippen molar-refractivity contribution in [2.75, 3.05) is 17.6 Å². The van der Waals surface area contributed by atoms with Gasteiger partial charge in [0, 0.05) is 18.5 Å². The number of aliphatic hydroxyl groups excluding tert-OH is 1. The second-order valence-electron chi connectivity index (χ2n) is 4.99. The Bertz CT molecular complexity index is 467. The van der Waals surface area contributed by atoms with Crippen molar-refractivity contribution in [1.29, 1.82) is 0 Å². The number of nitrogens with two attached hydrogens (primary N) is 1. The lowest BCUT2D eigenvalue weighted by atomic mass is 9.86. The maximum absolute atomic E-state index is 12.6. The molecule has 112 valence electrons. The summed E-state index contributed by atoms with van der Waals surface area (Å²) in [4.78, 5) is 6.90. The van der Waals surface area contributed by atoms with E-state index in [0.29, 0.717) is 6.54 Å². The van der Waals surface area contributed by atoms with E-state index in [1.165, 1.54) is 0 Å². The molecule has 1 heterocycles. The second-order valence-corrected chi connectivity index (χ2v) is 4.99. The molecule has 4 N–H and O–H groups in total. The molecule has 1 aromatic heterocycles. The summed E-state index contributed by atoms with van der Waals surface area (Å²) >= 11 is 0. The zero-order valence-corrected chi connectivity index (χ0v) is 10.8. The third kappa shape index (κ3) is 3.72. The van der Waals surface area contributed by atoms with Gasteiger partial charge in [0.15, 0.2) is 5.69 Å². The lowest BCUT2D eigenvalue weighted by Crippen LogP contribution is -2.30. The molecule has 1 aromatic rings. The number of alkyl halides is 3. The fourth-order valence-corrected chi connectivity index (χ4v) is 2.36. The highest BCUT2D eigenvalue weighted by atomic mass is 19.4. The van der Waals surface area contributed by atoms with E-state index in [0.717, 1.165) is 31.7 Å². The number of hydrogen-bond donors (Lipinski definition) is 3. The van der Waals surface area contributed by atoms with Crippen molar-refractivity contribution in [3.05, 3.63) is 11.8 Å². The van der Waals surface area contributed by atoms with E-state index in [4.69, 9.17) is 5.73 Å². The van der Waals surface area contributed by atoms with Crippen molar-refractivity contribution >= 4 is 11.8 Å². The van der Waals surface area contributed by atoms with Gasteiger partial charge in [-0.1, -0.05) is 12.8 Å². The smallest absolute Gasteiger partial charge is 0.393 e. The van der Waals surface area contributed by atoms with Gasteiger partial charge in [0.05, 0.1) is 6.10 Å². The summed E-state index contributed by atoms with van der Waals surface area (Å²) in [5.74, 6) is -0.372. The van der Waals surface area contributed by atoms with Crippen LogP contribution >= 0.6 is 0 Å². The minimum absolute atomic E-state index is 0.0225. The zero-order chi connectivity index (χ0) is 14.8. The molecule has 1 fully saturated rings. The van der Waals surface area contributed by atoms with Crippen molar-refractivity contribution in [1.82, 2.24) is 9.97 Å². The van der Waals surface area contributed by atoms with Crippen LogP contribution in [-0.4, -0.2) is 27.7 Å². The predicted molar refractivity (Wildman–Crippen MR) is 67.9 cm³/mol. The Labute approximate surface area is 114 Å². The lowest BCUT2D eigenvalue weighted by Gasteiger charge is -2.27. The number of anilines is 2. The van der Waals surface area contributed by atoms with Gasteiger partial charge < -0.3 is 16.2 Å². The Morgan fingerprint density at radius 3 is 2.65 bits per heavy atom. The van der Waals surface area contributed by atoms with Crippen LogP contribution in [-0.2, 0) is 6.18 Å². The number of hydrogen-bond acceptors (Lipinski definition) is 5. The molecule has 1 aliphatic carbocycles. The summed E-state index contributed by atoms with van der Waals surface area (Å²) in [5, 5.41) is 12.6. The molecule has 1 aliphatic rings. The third-order valence-corrected chi connectivity index (χ3v) is 3.45. The highest BCUT2D eigenvalue weighted by molar-refractivity contribution is 5.41. The largest absolute Gasteiger partial charge is 0.433 e. The fraction of sp³-hybridized carbons (Fsp3) is 0.667. The predicted octanol–water partition coefficient (Wildman–Crippen LogP) is 2.04. The van der Waals surface area contributed by atoms with E-state index in [1.54, 1.807) is 0 Å². The maximum Gasteiger partial charge on any atom is 0.433 e. The number of aliphatic hydroxyl groups is 1. The van der Waals surface area contributed by atoms with E-state index in [9.17, 15) is 18.3 Å². The average Bonchev–Trinajstić information content (AvgIpc) is 2.36. The maximum atomic E-state index is 12.6. The van der Waals surface area contributed by atoms with Crippen molar-refractivity contribution in [3.8, 4) is 0 Å². The standard InChI is InChI=1S/C12H17F3N4O/c13-12(14,15)9-5-10(19-11(16)18-9)17-6-7-3-1-2-4-8(7)20/h5,7-8,20H,1-4,6H2,(H3,16,17,18,19). The van der Waals surface area contributed by atoms with E-state index >= 15 is 0 Å². The molecule has 0 spiro atoms. The molecule has 2 rings (SSSR count). The van der Waals surface area contributed by atoms with Crippen LogP contribution in [0.4, 0.5) is 24.9 Å². The topological polar surface area (TPSA) is 84.1 Å². The number of rotatable bonds is 3. The molecule has 0 radical (unpaired) electrons. The zero-order valence-electron chi connectivity index (χ0n) is 10.8. The normalized spacial score (nSPS) is 23.6. The Balaban J connectivity index is 2.04. The highest BCUT2D eigenvalue weighted by Crippen LogP contribution is 2.30. The minimum atomic E-state index is -4.56. The fourth-order valence-electron chi connectivity index (χ4n) is 2.36. The van der Waals surface area contributed by atoms with E-state index in [2.05, 4.69) is 15.3 Å². The quantitative estimate of drug-likeness (QED) is 0.793. The molecule has 5 nitrogen and oxygen atoms in total. The van der Waals surface area contributed by atoms with Crippen molar-refractivity contribution < 1.29 is 18.3 Å². The summed E-state index contributed by atoms with van der Waals surface area (Å²) in [6.07, 6.45) is -1.40. The van der Waals surface area contributed by atoms with Gasteiger partial charge in [0.2, 0.25) is 5.95 Å². The van der Waals surface area contributed by atoms with Crippen LogP contribution in [0.15, 0.2) is 6.07 Å². The Morgan fingerprint density at radius 1 is 1.30 bits per heavy atom. The minimum Gasteiger partial charge on any atom is -0.393 e. The Morgan fingerprint density at radius 2 is 2.00 bits per heavy atom. The highest BCUT2D eigenvalue weighted by Gasteiger charge is 2.33. The van der Waals surface area contributed by atoms with Gasteiger partial charge in [0.25, 0.3) is 0 Å². The van der Waals surface area contributed by atoms with Crippen LogP contribution < -0.4 is 11.1 Å². The van der Waals surface area contributed by atoms with Crippen molar-refractivity contribution in [2.45, 2.75) is 38.0 Å². The third-order valence-electron chi connectivity index (χ3n) is 3.45. The van der Waals surface area contributed by atoms with E-state index in [-0.39, 0.29) is 11.7 Å². The molecule has 0 saturated heterocycles. The van der Waals surface area contributed by atoms with Crippen molar-refractivity contribution in [3.63, 3.8) is 0 Å².